The standard InChI is InChI=1S/C17H25NO/c1-12-6-7-14-13(11-12)5-4-10-18(14)15-8-9-17(2,3)16(15)19/h6-7,11,15-16,19H,4-5,8-10H2,1-3H3. The van der Waals surface area contributed by atoms with Gasteiger partial charge in [-0.25, -0.2) is 0 Å². The first-order chi connectivity index (χ1) is 8.99. The maximum Gasteiger partial charge on any atom is 0.0794 e. The van der Waals surface area contributed by atoms with E-state index in [1.165, 1.54) is 29.7 Å². The Labute approximate surface area is 116 Å². The van der Waals surface area contributed by atoms with Gasteiger partial charge in [0.15, 0.2) is 0 Å². The summed E-state index contributed by atoms with van der Waals surface area (Å²) < 4.78 is 0. The van der Waals surface area contributed by atoms with Crippen LogP contribution in [0.4, 0.5) is 5.69 Å². The van der Waals surface area contributed by atoms with Gasteiger partial charge in [-0.2, -0.15) is 0 Å². The molecule has 1 aromatic rings. The van der Waals surface area contributed by atoms with Crippen LogP contribution < -0.4 is 4.90 Å². The second kappa shape index (κ2) is 4.52. The van der Waals surface area contributed by atoms with Gasteiger partial charge in [0.05, 0.1) is 12.1 Å². The van der Waals surface area contributed by atoms with E-state index >= 15 is 0 Å². The molecule has 0 saturated heterocycles. The van der Waals surface area contributed by atoms with E-state index in [1.807, 2.05) is 0 Å². The molecule has 1 heterocycles. The van der Waals surface area contributed by atoms with Gasteiger partial charge in [0.1, 0.15) is 0 Å². The molecule has 2 heteroatoms. The van der Waals surface area contributed by atoms with Gasteiger partial charge in [-0.15, -0.1) is 0 Å². The molecule has 2 aliphatic rings. The minimum absolute atomic E-state index is 0.0625. The van der Waals surface area contributed by atoms with Crippen LogP contribution in [0.2, 0.25) is 0 Å². The number of aryl methyl sites for hydroxylation is 2. The van der Waals surface area contributed by atoms with Gasteiger partial charge >= 0.3 is 0 Å². The summed E-state index contributed by atoms with van der Waals surface area (Å²) in [6, 6.07) is 7.07. The van der Waals surface area contributed by atoms with Crippen LogP contribution in [-0.2, 0) is 6.42 Å². The van der Waals surface area contributed by atoms with E-state index in [2.05, 4.69) is 43.9 Å². The van der Waals surface area contributed by atoms with Crippen molar-refractivity contribution in [2.24, 2.45) is 5.41 Å². The topological polar surface area (TPSA) is 23.5 Å². The van der Waals surface area contributed by atoms with Crippen LogP contribution in [0.3, 0.4) is 0 Å². The Morgan fingerprint density at radius 3 is 2.79 bits per heavy atom. The molecule has 3 rings (SSSR count). The first-order valence-electron chi connectivity index (χ1n) is 7.53. The summed E-state index contributed by atoms with van der Waals surface area (Å²) in [5.41, 5.74) is 4.22. The molecule has 1 fully saturated rings. The zero-order valence-electron chi connectivity index (χ0n) is 12.3. The lowest BCUT2D eigenvalue weighted by Gasteiger charge is -2.39. The Kier molecular flexibility index (Phi) is 3.09. The highest BCUT2D eigenvalue weighted by Gasteiger charge is 2.44. The number of hydrogen-bond donors (Lipinski definition) is 1. The van der Waals surface area contributed by atoms with Crippen molar-refractivity contribution in [2.75, 3.05) is 11.4 Å². The number of nitrogens with zero attached hydrogens (tertiary/aromatic N) is 1. The molecule has 0 amide bonds. The third-order valence-electron chi connectivity index (χ3n) is 5.04. The van der Waals surface area contributed by atoms with E-state index < -0.39 is 0 Å². The van der Waals surface area contributed by atoms with Crippen molar-refractivity contribution in [3.05, 3.63) is 29.3 Å². The van der Waals surface area contributed by atoms with Gasteiger partial charge < -0.3 is 10.0 Å². The Hall–Kier alpha value is -1.02. The van der Waals surface area contributed by atoms with Crippen molar-refractivity contribution in [3.63, 3.8) is 0 Å². The number of anilines is 1. The van der Waals surface area contributed by atoms with Crippen LogP contribution in [0.25, 0.3) is 0 Å². The first kappa shape index (κ1) is 13.0. The Morgan fingerprint density at radius 2 is 2.11 bits per heavy atom. The summed E-state index contributed by atoms with van der Waals surface area (Å²) >= 11 is 0. The largest absolute Gasteiger partial charge is 0.390 e. The Morgan fingerprint density at radius 1 is 1.32 bits per heavy atom. The number of fused-ring (bicyclic) bond motifs is 1. The molecule has 2 unspecified atom stereocenters. The van der Waals surface area contributed by atoms with Gasteiger partial charge in [-0.1, -0.05) is 31.5 Å². The van der Waals surface area contributed by atoms with Crippen molar-refractivity contribution < 1.29 is 5.11 Å². The van der Waals surface area contributed by atoms with E-state index in [0.717, 1.165) is 19.4 Å². The van der Waals surface area contributed by atoms with Crippen LogP contribution in [0.15, 0.2) is 18.2 Å². The fraction of sp³-hybridized carbons (Fsp3) is 0.647. The molecule has 104 valence electrons. The van der Waals surface area contributed by atoms with Crippen LogP contribution >= 0.6 is 0 Å². The maximum absolute atomic E-state index is 10.6. The van der Waals surface area contributed by atoms with Crippen LogP contribution in [-0.4, -0.2) is 23.8 Å². The van der Waals surface area contributed by atoms with Gasteiger partial charge in [-0.3, -0.25) is 0 Å². The highest BCUT2D eigenvalue weighted by molar-refractivity contribution is 5.58. The summed E-state index contributed by atoms with van der Waals surface area (Å²) in [5.74, 6) is 0. The van der Waals surface area contributed by atoms with Crippen LogP contribution in [0.1, 0.15) is 44.2 Å². The minimum atomic E-state index is -0.209. The van der Waals surface area contributed by atoms with Crippen molar-refractivity contribution in [1.82, 2.24) is 0 Å². The summed E-state index contributed by atoms with van der Waals surface area (Å²) in [6.07, 6.45) is 4.41. The average molecular weight is 259 g/mol. The van der Waals surface area contributed by atoms with Crippen molar-refractivity contribution >= 4 is 5.69 Å². The molecule has 0 radical (unpaired) electrons. The van der Waals surface area contributed by atoms with E-state index in [-0.39, 0.29) is 11.5 Å². The average Bonchev–Trinajstić information content (AvgIpc) is 2.63. The fourth-order valence-corrected chi connectivity index (χ4v) is 3.77. The van der Waals surface area contributed by atoms with Gasteiger partial charge in [-0.05, 0) is 49.7 Å². The monoisotopic (exact) mass is 259 g/mol. The van der Waals surface area contributed by atoms with E-state index in [9.17, 15) is 5.11 Å². The lowest BCUT2D eigenvalue weighted by Crippen LogP contribution is -2.46. The predicted octanol–water partition coefficient (Wildman–Crippen LogP) is 3.30. The molecule has 1 aliphatic heterocycles. The lowest BCUT2D eigenvalue weighted by molar-refractivity contribution is 0.0658. The molecule has 1 aliphatic carbocycles. The van der Waals surface area contributed by atoms with E-state index in [0.29, 0.717) is 6.04 Å². The number of hydrogen-bond acceptors (Lipinski definition) is 2. The smallest absolute Gasteiger partial charge is 0.0794 e. The van der Waals surface area contributed by atoms with Crippen molar-refractivity contribution in [3.8, 4) is 0 Å². The SMILES string of the molecule is Cc1ccc2c(c1)CCCN2C1CCC(C)(C)C1O. The highest BCUT2D eigenvalue weighted by atomic mass is 16.3. The quantitative estimate of drug-likeness (QED) is 0.836. The highest BCUT2D eigenvalue weighted by Crippen LogP contribution is 2.42. The molecule has 2 atom stereocenters. The molecule has 1 N–H and O–H groups in total. The molecule has 19 heavy (non-hydrogen) atoms. The number of aliphatic hydroxyl groups excluding tert-OH is 1. The third kappa shape index (κ3) is 2.16. The number of aliphatic hydroxyl groups is 1. The molecule has 1 saturated carbocycles. The summed E-state index contributed by atoms with van der Waals surface area (Å²) in [7, 11) is 0. The molecule has 1 aromatic carbocycles. The van der Waals surface area contributed by atoms with E-state index in [4.69, 9.17) is 0 Å². The first-order valence-corrected chi connectivity index (χ1v) is 7.53. The Balaban J connectivity index is 1.92. The van der Waals surface area contributed by atoms with Gasteiger partial charge in [0, 0.05) is 12.2 Å². The number of rotatable bonds is 1. The minimum Gasteiger partial charge on any atom is -0.390 e. The fourth-order valence-electron chi connectivity index (χ4n) is 3.77. The zero-order valence-corrected chi connectivity index (χ0v) is 12.3. The van der Waals surface area contributed by atoms with Crippen molar-refractivity contribution in [2.45, 2.75) is 58.6 Å². The van der Waals surface area contributed by atoms with Crippen LogP contribution in [0.5, 0.6) is 0 Å². The van der Waals surface area contributed by atoms with Crippen molar-refractivity contribution in [1.29, 1.82) is 0 Å². The predicted molar refractivity (Wildman–Crippen MR) is 79.7 cm³/mol. The lowest BCUT2D eigenvalue weighted by atomic mass is 9.88. The normalized spacial score (nSPS) is 29.4. The summed E-state index contributed by atoms with van der Waals surface area (Å²) in [4.78, 5) is 2.47. The zero-order chi connectivity index (χ0) is 13.6. The summed E-state index contributed by atoms with van der Waals surface area (Å²) in [6.45, 7) is 7.63. The second-order valence-corrected chi connectivity index (χ2v) is 6.97. The molecular formula is C17H25NO. The summed E-state index contributed by atoms with van der Waals surface area (Å²) in [5, 5.41) is 10.6. The van der Waals surface area contributed by atoms with Crippen LogP contribution in [0, 0.1) is 12.3 Å². The molecule has 0 aromatic heterocycles. The molecule has 0 bridgehead atoms. The second-order valence-electron chi connectivity index (χ2n) is 6.97. The molecular weight excluding hydrogens is 234 g/mol. The molecule has 0 spiro atoms. The third-order valence-corrected chi connectivity index (χ3v) is 5.04. The number of benzene rings is 1. The van der Waals surface area contributed by atoms with E-state index in [1.54, 1.807) is 0 Å². The maximum atomic E-state index is 10.6. The van der Waals surface area contributed by atoms with Gasteiger partial charge in [0.2, 0.25) is 0 Å². The Bertz CT molecular complexity index is 480. The molecule has 2 nitrogen and oxygen atoms in total. The van der Waals surface area contributed by atoms with Gasteiger partial charge in [0.25, 0.3) is 0 Å².